The first kappa shape index (κ1) is 15.1. The lowest BCUT2D eigenvalue weighted by atomic mass is 9.97. The molecule has 1 atom stereocenters. The van der Waals surface area contributed by atoms with Gasteiger partial charge in [0.25, 0.3) is 0 Å². The molecule has 116 valence electrons. The summed E-state index contributed by atoms with van der Waals surface area (Å²) in [5.74, 6) is 0.458. The zero-order valence-corrected chi connectivity index (χ0v) is 13.3. The number of hydrogen-bond acceptors (Lipinski definition) is 3. The minimum atomic E-state index is 0.458. The Labute approximate surface area is 137 Å². The second-order valence-electron chi connectivity index (χ2n) is 5.81. The topological polar surface area (TPSA) is 42.1 Å². The summed E-state index contributed by atoms with van der Waals surface area (Å²) >= 11 is 0. The Hall–Kier alpha value is -2.81. The standard InChI is InChI=1S/C20H21N3/c1-15-10-11-20(19(21)13-15)23(18-9-6-12-22-14-18)16(2)17-7-4-3-5-8-17/h3-12,14-15H,2,13,21H2,1H3. The smallest absolute Gasteiger partial charge is 0.0646 e. The van der Waals surface area contributed by atoms with Gasteiger partial charge in [-0.1, -0.05) is 49.9 Å². The molecule has 0 fully saturated rings. The number of aromatic nitrogens is 1. The first-order valence-electron chi connectivity index (χ1n) is 7.78. The van der Waals surface area contributed by atoms with Gasteiger partial charge in [0.05, 0.1) is 17.6 Å². The molecule has 1 unspecified atom stereocenters. The SMILES string of the molecule is C=C(c1ccccc1)N(C1=C(N)CC(C)C=C1)c1cccnc1. The van der Waals surface area contributed by atoms with E-state index in [0.29, 0.717) is 5.92 Å². The van der Waals surface area contributed by atoms with Crippen LogP contribution >= 0.6 is 0 Å². The number of pyridine rings is 1. The zero-order chi connectivity index (χ0) is 16.2. The van der Waals surface area contributed by atoms with E-state index in [4.69, 9.17) is 5.73 Å². The number of benzene rings is 1. The molecule has 0 spiro atoms. The van der Waals surface area contributed by atoms with Crippen molar-refractivity contribution in [2.24, 2.45) is 11.7 Å². The van der Waals surface area contributed by atoms with E-state index < -0.39 is 0 Å². The quantitative estimate of drug-likeness (QED) is 0.914. The number of nitrogens with zero attached hydrogens (tertiary/aromatic N) is 2. The Balaban J connectivity index is 2.07. The van der Waals surface area contributed by atoms with Crippen molar-refractivity contribution >= 4 is 11.4 Å². The normalized spacial score (nSPS) is 17.2. The summed E-state index contributed by atoms with van der Waals surface area (Å²) in [6.07, 6.45) is 8.73. The molecule has 3 rings (SSSR count). The van der Waals surface area contributed by atoms with Crippen LogP contribution in [0.3, 0.4) is 0 Å². The lowest BCUT2D eigenvalue weighted by molar-refractivity contribution is 0.691. The molecule has 0 aliphatic heterocycles. The summed E-state index contributed by atoms with van der Waals surface area (Å²) in [5.41, 5.74) is 11.1. The molecule has 1 heterocycles. The molecule has 0 amide bonds. The molecule has 0 bridgehead atoms. The minimum absolute atomic E-state index is 0.458. The number of hydrogen-bond donors (Lipinski definition) is 1. The molecule has 0 saturated carbocycles. The fourth-order valence-electron chi connectivity index (χ4n) is 2.79. The summed E-state index contributed by atoms with van der Waals surface area (Å²) in [5, 5.41) is 0. The van der Waals surface area contributed by atoms with Crippen molar-refractivity contribution in [3.8, 4) is 0 Å². The molecule has 1 aliphatic rings. The van der Waals surface area contributed by atoms with E-state index in [1.54, 1.807) is 6.20 Å². The van der Waals surface area contributed by atoms with Crippen LogP contribution in [0.15, 0.2) is 85.0 Å². The first-order chi connectivity index (χ1) is 11.2. The molecule has 1 aromatic heterocycles. The van der Waals surface area contributed by atoms with Crippen molar-refractivity contribution in [1.29, 1.82) is 0 Å². The van der Waals surface area contributed by atoms with Crippen molar-refractivity contribution in [2.45, 2.75) is 13.3 Å². The average Bonchev–Trinajstić information content (AvgIpc) is 2.59. The molecular formula is C20H21N3. The van der Waals surface area contributed by atoms with Crippen molar-refractivity contribution in [3.63, 3.8) is 0 Å². The highest BCUT2D eigenvalue weighted by Gasteiger charge is 2.21. The Morgan fingerprint density at radius 2 is 2.00 bits per heavy atom. The van der Waals surface area contributed by atoms with Gasteiger partial charge in [0.15, 0.2) is 0 Å². The van der Waals surface area contributed by atoms with Crippen LogP contribution in [-0.2, 0) is 0 Å². The predicted molar refractivity (Wildman–Crippen MR) is 96.3 cm³/mol. The van der Waals surface area contributed by atoms with Gasteiger partial charge < -0.3 is 10.6 Å². The molecule has 2 aromatic rings. The van der Waals surface area contributed by atoms with Crippen LogP contribution in [0, 0.1) is 5.92 Å². The molecular weight excluding hydrogens is 282 g/mol. The van der Waals surface area contributed by atoms with Gasteiger partial charge in [-0.2, -0.15) is 0 Å². The van der Waals surface area contributed by atoms with Crippen LogP contribution in [0.2, 0.25) is 0 Å². The Morgan fingerprint density at radius 1 is 1.22 bits per heavy atom. The molecule has 2 N–H and O–H groups in total. The number of anilines is 1. The van der Waals surface area contributed by atoms with Gasteiger partial charge >= 0.3 is 0 Å². The van der Waals surface area contributed by atoms with Gasteiger partial charge in [-0.3, -0.25) is 4.98 Å². The average molecular weight is 303 g/mol. The first-order valence-corrected chi connectivity index (χ1v) is 7.78. The highest BCUT2D eigenvalue weighted by molar-refractivity contribution is 5.82. The fraction of sp³-hybridized carbons (Fsp3) is 0.150. The van der Waals surface area contributed by atoms with E-state index in [9.17, 15) is 0 Å². The van der Waals surface area contributed by atoms with Crippen LogP contribution in [0.5, 0.6) is 0 Å². The summed E-state index contributed by atoms with van der Waals surface area (Å²) in [7, 11) is 0. The molecule has 23 heavy (non-hydrogen) atoms. The maximum Gasteiger partial charge on any atom is 0.0646 e. The van der Waals surface area contributed by atoms with Crippen LogP contribution in [-0.4, -0.2) is 4.98 Å². The molecule has 0 radical (unpaired) electrons. The Morgan fingerprint density at radius 3 is 2.65 bits per heavy atom. The van der Waals surface area contributed by atoms with E-state index in [2.05, 4.69) is 47.7 Å². The van der Waals surface area contributed by atoms with Crippen molar-refractivity contribution < 1.29 is 0 Å². The zero-order valence-electron chi connectivity index (χ0n) is 13.3. The van der Waals surface area contributed by atoms with Crippen LogP contribution < -0.4 is 10.6 Å². The minimum Gasteiger partial charge on any atom is -0.400 e. The Kier molecular flexibility index (Phi) is 4.29. The lowest BCUT2D eigenvalue weighted by Gasteiger charge is -2.31. The summed E-state index contributed by atoms with van der Waals surface area (Å²) in [4.78, 5) is 6.33. The fourth-order valence-corrected chi connectivity index (χ4v) is 2.79. The van der Waals surface area contributed by atoms with E-state index in [1.807, 2.05) is 36.5 Å². The second kappa shape index (κ2) is 6.53. The third-order valence-electron chi connectivity index (χ3n) is 3.98. The summed E-state index contributed by atoms with van der Waals surface area (Å²) in [6, 6.07) is 14.1. The largest absolute Gasteiger partial charge is 0.400 e. The summed E-state index contributed by atoms with van der Waals surface area (Å²) < 4.78 is 0. The number of allylic oxidation sites excluding steroid dienone is 3. The van der Waals surface area contributed by atoms with Crippen LogP contribution in [0.4, 0.5) is 5.69 Å². The second-order valence-corrected chi connectivity index (χ2v) is 5.81. The van der Waals surface area contributed by atoms with E-state index in [-0.39, 0.29) is 0 Å². The maximum absolute atomic E-state index is 6.35. The molecule has 0 saturated heterocycles. The van der Waals surface area contributed by atoms with Gasteiger partial charge in [-0.25, -0.2) is 0 Å². The molecule has 3 nitrogen and oxygen atoms in total. The van der Waals surface area contributed by atoms with Gasteiger partial charge in [-0.15, -0.1) is 0 Å². The predicted octanol–water partition coefficient (Wildman–Crippen LogP) is 4.33. The van der Waals surface area contributed by atoms with Gasteiger partial charge in [-0.05, 0) is 36.1 Å². The van der Waals surface area contributed by atoms with Gasteiger partial charge in [0.2, 0.25) is 0 Å². The van der Waals surface area contributed by atoms with E-state index in [1.165, 1.54) is 0 Å². The third-order valence-corrected chi connectivity index (χ3v) is 3.98. The number of rotatable bonds is 4. The summed E-state index contributed by atoms with van der Waals surface area (Å²) in [6.45, 7) is 6.47. The molecule has 3 heteroatoms. The maximum atomic E-state index is 6.35. The highest BCUT2D eigenvalue weighted by Crippen LogP contribution is 2.33. The Bertz CT molecular complexity index is 745. The highest BCUT2D eigenvalue weighted by atomic mass is 15.2. The lowest BCUT2D eigenvalue weighted by Crippen LogP contribution is -2.25. The van der Waals surface area contributed by atoms with E-state index >= 15 is 0 Å². The van der Waals surface area contributed by atoms with Crippen LogP contribution in [0.25, 0.3) is 5.70 Å². The molecule has 1 aliphatic carbocycles. The molecule has 1 aromatic carbocycles. The number of nitrogens with two attached hydrogens (primary N) is 1. The van der Waals surface area contributed by atoms with Crippen molar-refractivity contribution in [1.82, 2.24) is 4.98 Å². The van der Waals surface area contributed by atoms with Crippen molar-refractivity contribution in [3.05, 3.63) is 90.5 Å². The monoisotopic (exact) mass is 303 g/mol. The van der Waals surface area contributed by atoms with Gasteiger partial charge in [0, 0.05) is 17.6 Å². The van der Waals surface area contributed by atoms with Crippen LogP contribution in [0.1, 0.15) is 18.9 Å². The third kappa shape index (κ3) is 3.19. The van der Waals surface area contributed by atoms with Crippen molar-refractivity contribution in [2.75, 3.05) is 4.90 Å². The van der Waals surface area contributed by atoms with Gasteiger partial charge in [0.1, 0.15) is 0 Å². The van der Waals surface area contributed by atoms with E-state index in [0.717, 1.165) is 34.8 Å².